The van der Waals surface area contributed by atoms with Gasteiger partial charge in [-0.15, -0.1) is 0 Å². The largest absolute Gasteiger partial charge is 0.369 e. The molecular weight excluding hydrogens is 304 g/mol. The molecule has 106 valence electrons. The Kier molecular flexibility index (Phi) is 4.54. The van der Waals surface area contributed by atoms with Gasteiger partial charge in [0, 0.05) is 17.6 Å². The van der Waals surface area contributed by atoms with Crippen molar-refractivity contribution in [3.05, 3.63) is 28.2 Å². The maximum atomic E-state index is 5.95. The minimum absolute atomic E-state index is 0.104. The monoisotopic (exact) mass is 326 g/mol. The smallest absolute Gasteiger partial charge is 0.0805 e. The quantitative estimate of drug-likeness (QED) is 0.928. The van der Waals surface area contributed by atoms with Crippen LogP contribution in [0.15, 0.2) is 22.7 Å². The number of nitrogens with zero attached hydrogens (tertiary/aromatic N) is 1. The molecule has 0 bridgehead atoms. The average Bonchev–Trinajstić information content (AvgIpc) is 2.26. The van der Waals surface area contributed by atoms with E-state index in [9.17, 15) is 0 Å². The lowest BCUT2D eigenvalue weighted by Crippen LogP contribution is -2.52. The second-order valence-corrected chi connectivity index (χ2v) is 6.75. The van der Waals surface area contributed by atoms with Crippen molar-refractivity contribution in [2.24, 2.45) is 5.73 Å². The number of nitrogens with two attached hydrogens (primary N) is 1. The summed E-state index contributed by atoms with van der Waals surface area (Å²) in [6.07, 6.45) is 1.17. The van der Waals surface area contributed by atoms with Gasteiger partial charge in [-0.25, -0.2) is 0 Å². The fraction of sp³-hybridized carbons (Fsp3) is 0.600. The lowest BCUT2D eigenvalue weighted by atomic mass is 10.0. The Hall–Kier alpha value is -0.580. The van der Waals surface area contributed by atoms with Gasteiger partial charge in [0.25, 0.3) is 0 Å². The van der Waals surface area contributed by atoms with E-state index in [1.165, 1.54) is 11.3 Å². The Bertz CT molecular complexity index is 448. The van der Waals surface area contributed by atoms with E-state index in [0.717, 1.165) is 24.0 Å². The fourth-order valence-corrected chi connectivity index (χ4v) is 3.44. The molecule has 3 nitrogen and oxygen atoms in total. The minimum Gasteiger partial charge on any atom is -0.369 e. The van der Waals surface area contributed by atoms with E-state index in [1.54, 1.807) is 0 Å². The summed E-state index contributed by atoms with van der Waals surface area (Å²) in [5.41, 5.74) is 8.02. The molecule has 0 spiro atoms. The molecule has 1 heterocycles. The maximum Gasteiger partial charge on any atom is 0.0805 e. The molecule has 1 fully saturated rings. The Morgan fingerprint density at radius 3 is 2.79 bits per heavy atom. The van der Waals surface area contributed by atoms with E-state index in [2.05, 4.69) is 59.8 Å². The summed E-state index contributed by atoms with van der Waals surface area (Å²) < 4.78 is 7.10. The molecule has 1 atom stereocenters. The predicted octanol–water partition coefficient (Wildman–Crippen LogP) is 2.95. The van der Waals surface area contributed by atoms with Crippen molar-refractivity contribution < 1.29 is 4.74 Å². The van der Waals surface area contributed by atoms with Gasteiger partial charge < -0.3 is 15.4 Å². The van der Waals surface area contributed by atoms with Crippen molar-refractivity contribution in [2.75, 3.05) is 24.5 Å². The second-order valence-electron chi connectivity index (χ2n) is 5.89. The lowest BCUT2D eigenvalue weighted by Gasteiger charge is -2.43. The van der Waals surface area contributed by atoms with Gasteiger partial charge in [0.05, 0.1) is 17.4 Å². The first-order chi connectivity index (χ1) is 8.91. The molecule has 1 aromatic rings. The van der Waals surface area contributed by atoms with Crippen molar-refractivity contribution >= 4 is 21.6 Å². The number of benzene rings is 1. The van der Waals surface area contributed by atoms with Crippen LogP contribution in [-0.4, -0.2) is 31.3 Å². The predicted molar refractivity (Wildman–Crippen MR) is 83.7 cm³/mol. The zero-order valence-electron chi connectivity index (χ0n) is 11.9. The summed E-state index contributed by atoms with van der Waals surface area (Å²) in [4.78, 5) is 2.39. The number of hydrogen-bond donors (Lipinski definition) is 1. The van der Waals surface area contributed by atoms with Crippen LogP contribution >= 0.6 is 15.9 Å². The van der Waals surface area contributed by atoms with Crippen LogP contribution in [0.25, 0.3) is 0 Å². The van der Waals surface area contributed by atoms with E-state index < -0.39 is 0 Å². The zero-order valence-corrected chi connectivity index (χ0v) is 13.5. The molecule has 0 aromatic heterocycles. The van der Waals surface area contributed by atoms with Gasteiger partial charge in [-0.1, -0.05) is 6.07 Å². The Morgan fingerprint density at radius 2 is 2.21 bits per heavy atom. The van der Waals surface area contributed by atoms with Crippen LogP contribution in [0.3, 0.4) is 0 Å². The number of morpholine rings is 1. The van der Waals surface area contributed by atoms with Crippen LogP contribution in [0.4, 0.5) is 5.69 Å². The zero-order chi connectivity index (χ0) is 14.0. The van der Waals surface area contributed by atoms with E-state index in [0.29, 0.717) is 6.54 Å². The Balaban J connectivity index is 2.21. The van der Waals surface area contributed by atoms with Crippen molar-refractivity contribution in [3.63, 3.8) is 0 Å². The van der Waals surface area contributed by atoms with Crippen molar-refractivity contribution in [1.82, 2.24) is 0 Å². The highest BCUT2D eigenvalue weighted by Gasteiger charge is 2.31. The molecule has 1 aliphatic rings. The lowest BCUT2D eigenvalue weighted by molar-refractivity contribution is -0.0750. The third kappa shape index (κ3) is 3.71. The summed E-state index contributed by atoms with van der Waals surface area (Å²) >= 11 is 3.69. The molecule has 1 aliphatic heterocycles. The first kappa shape index (κ1) is 14.8. The standard InChI is InChI=1S/C15H23BrN2O/c1-11-9-18(10-15(2,3)19-11)14-5-4-12(6-7-17)8-13(14)16/h4-5,8,11H,6-7,9-10,17H2,1-3H3. The van der Waals surface area contributed by atoms with Gasteiger partial charge in [-0.3, -0.25) is 0 Å². The minimum atomic E-state index is -0.104. The van der Waals surface area contributed by atoms with Gasteiger partial charge in [0.1, 0.15) is 0 Å². The molecule has 2 rings (SSSR count). The molecule has 1 unspecified atom stereocenters. The first-order valence-electron chi connectivity index (χ1n) is 6.82. The fourth-order valence-electron chi connectivity index (χ4n) is 2.77. The summed E-state index contributed by atoms with van der Waals surface area (Å²) in [5.74, 6) is 0. The molecule has 1 saturated heterocycles. The van der Waals surface area contributed by atoms with Crippen LogP contribution in [0.1, 0.15) is 26.3 Å². The molecule has 0 radical (unpaired) electrons. The van der Waals surface area contributed by atoms with Crippen molar-refractivity contribution in [1.29, 1.82) is 0 Å². The van der Waals surface area contributed by atoms with E-state index in [-0.39, 0.29) is 11.7 Å². The second kappa shape index (κ2) is 5.81. The Morgan fingerprint density at radius 1 is 1.47 bits per heavy atom. The molecule has 0 saturated carbocycles. The van der Waals surface area contributed by atoms with Crippen LogP contribution in [0.5, 0.6) is 0 Å². The summed E-state index contributed by atoms with van der Waals surface area (Å²) in [6, 6.07) is 6.53. The van der Waals surface area contributed by atoms with Gasteiger partial charge in [-0.2, -0.15) is 0 Å². The summed E-state index contributed by atoms with van der Waals surface area (Å²) in [7, 11) is 0. The molecular formula is C15H23BrN2O. The molecule has 2 N–H and O–H groups in total. The third-order valence-electron chi connectivity index (χ3n) is 3.36. The molecule has 0 aliphatic carbocycles. The molecule has 19 heavy (non-hydrogen) atoms. The van der Waals surface area contributed by atoms with Crippen molar-refractivity contribution in [2.45, 2.75) is 38.9 Å². The van der Waals surface area contributed by atoms with Gasteiger partial charge in [-0.05, 0) is 67.4 Å². The van der Waals surface area contributed by atoms with Crippen LogP contribution in [0.2, 0.25) is 0 Å². The highest BCUT2D eigenvalue weighted by atomic mass is 79.9. The third-order valence-corrected chi connectivity index (χ3v) is 3.99. The number of ether oxygens (including phenoxy) is 1. The maximum absolute atomic E-state index is 5.95. The highest BCUT2D eigenvalue weighted by Crippen LogP contribution is 2.32. The summed E-state index contributed by atoms with van der Waals surface area (Å²) in [6.45, 7) is 8.95. The van der Waals surface area contributed by atoms with Gasteiger partial charge in [0.2, 0.25) is 0 Å². The number of halogens is 1. The SMILES string of the molecule is CC1CN(c2ccc(CCN)cc2Br)CC(C)(C)O1. The number of rotatable bonds is 3. The van der Waals surface area contributed by atoms with Crippen LogP contribution in [0, 0.1) is 0 Å². The normalized spacial score (nSPS) is 22.6. The first-order valence-corrected chi connectivity index (χ1v) is 7.62. The summed E-state index contributed by atoms with van der Waals surface area (Å²) in [5, 5.41) is 0. The van der Waals surface area contributed by atoms with E-state index in [1.807, 2.05) is 0 Å². The molecule has 0 amide bonds. The van der Waals surface area contributed by atoms with Gasteiger partial charge in [0.15, 0.2) is 0 Å². The topological polar surface area (TPSA) is 38.5 Å². The molecule has 4 heteroatoms. The molecule has 1 aromatic carbocycles. The van der Waals surface area contributed by atoms with E-state index >= 15 is 0 Å². The van der Waals surface area contributed by atoms with E-state index in [4.69, 9.17) is 10.5 Å². The highest BCUT2D eigenvalue weighted by molar-refractivity contribution is 9.10. The van der Waals surface area contributed by atoms with Gasteiger partial charge >= 0.3 is 0 Å². The van der Waals surface area contributed by atoms with Crippen LogP contribution < -0.4 is 10.6 Å². The average molecular weight is 327 g/mol. The van der Waals surface area contributed by atoms with Crippen LogP contribution in [-0.2, 0) is 11.2 Å². The number of hydrogen-bond acceptors (Lipinski definition) is 3. The van der Waals surface area contributed by atoms with Crippen molar-refractivity contribution in [3.8, 4) is 0 Å². The Labute approximate surface area is 124 Å². The number of anilines is 1.